The Labute approximate surface area is 243 Å². The zero-order valence-electron chi connectivity index (χ0n) is 24.1. The Balaban J connectivity index is 1.34. The number of amides is 1. The van der Waals surface area contributed by atoms with Crippen molar-refractivity contribution in [2.75, 3.05) is 19.4 Å². The Kier molecular flexibility index (Phi) is 7.89. The molecule has 0 bridgehead atoms. The van der Waals surface area contributed by atoms with E-state index in [0.29, 0.717) is 11.0 Å². The maximum absolute atomic E-state index is 13.0. The zero-order chi connectivity index (χ0) is 29.4. The number of carbonyl (C=O) groups excluding carboxylic acids is 1. The van der Waals surface area contributed by atoms with Crippen LogP contribution in [0.15, 0.2) is 78.3 Å². The van der Waals surface area contributed by atoms with E-state index in [4.69, 9.17) is 14.0 Å². The van der Waals surface area contributed by atoms with Crippen molar-refractivity contribution >= 4 is 29.1 Å². The van der Waals surface area contributed by atoms with Crippen LogP contribution in [0.5, 0.6) is 0 Å². The van der Waals surface area contributed by atoms with E-state index in [1.165, 1.54) is 6.26 Å². The summed E-state index contributed by atoms with van der Waals surface area (Å²) in [5, 5.41) is 2.87. The van der Waals surface area contributed by atoms with Crippen LogP contribution in [-0.4, -0.2) is 52.2 Å². The minimum atomic E-state index is -3.26. The summed E-state index contributed by atoms with van der Waals surface area (Å²) >= 11 is 0. The standard InChI is InChI=1S/C32H36BNO6S/c1-31(2)32(3,4)40-33(39-31)24(18-22-12-6-7-13-23(22)21-41(5,36)37)19-34-30(35)38-20-29-27-16-10-8-14-25(27)26-15-9-11-17-28(26)29/h6-18,29H,19-21H2,1-5H3,(H,34,35). The van der Waals surface area contributed by atoms with Crippen molar-refractivity contribution in [3.63, 3.8) is 0 Å². The first-order valence-electron chi connectivity index (χ1n) is 13.8. The normalized spacial score (nSPS) is 17.7. The molecule has 214 valence electrons. The second kappa shape index (κ2) is 11.1. The van der Waals surface area contributed by atoms with Crippen LogP contribution in [-0.2, 0) is 29.6 Å². The second-order valence-electron chi connectivity index (χ2n) is 11.8. The summed E-state index contributed by atoms with van der Waals surface area (Å²) in [5.74, 6) is -0.148. The van der Waals surface area contributed by atoms with Crippen LogP contribution in [0.25, 0.3) is 17.2 Å². The van der Waals surface area contributed by atoms with Crippen LogP contribution in [0.2, 0.25) is 0 Å². The molecular formula is C32H36BNO6S. The number of hydrogen-bond acceptors (Lipinski definition) is 6. The number of fused-ring (bicyclic) bond motifs is 3. The van der Waals surface area contributed by atoms with Crippen molar-refractivity contribution in [1.82, 2.24) is 5.32 Å². The van der Waals surface area contributed by atoms with Crippen molar-refractivity contribution in [2.24, 2.45) is 0 Å². The summed E-state index contributed by atoms with van der Waals surface area (Å²) < 4.78 is 42.5. The fourth-order valence-corrected chi connectivity index (χ4v) is 6.14. The third-order valence-corrected chi connectivity index (χ3v) is 8.99. The molecule has 41 heavy (non-hydrogen) atoms. The number of benzene rings is 3. The van der Waals surface area contributed by atoms with Crippen molar-refractivity contribution in [2.45, 2.75) is 50.6 Å². The van der Waals surface area contributed by atoms with Gasteiger partial charge in [0.2, 0.25) is 0 Å². The lowest BCUT2D eigenvalue weighted by atomic mass is 9.76. The number of rotatable bonds is 8. The van der Waals surface area contributed by atoms with Gasteiger partial charge in [0, 0.05) is 18.7 Å². The molecule has 0 saturated carbocycles. The van der Waals surface area contributed by atoms with E-state index in [2.05, 4.69) is 29.6 Å². The van der Waals surface area contributed by atoms with E-state index in [9.17, 15) is 13.2 Å². The van der Waals surface area contributed by atoms with Gasteiger partial charge in [-0.1, -0.05) is 78.9 Å². The summed E-state index contributed by atoms with van der Waals surface area (Å²) in [6.07, 6.45) is 2.49. The lowest BCUT2D eigenvalue weighted by molar-refractivity contribution is 0.00578. The van der Waals surface area contributed by atoms with Crippen LogP contribution in [0.4, 0.5) is 4.79 Å². The van der Waals surface area contributed by atoms with Gasteiger partial charge in [0.1, 0.15) is 6.61 Å². The van der Waals surface area contributed by atoms with Crippen LogP contribution < -0.4 is 5.32 Å². The summed E-state index contributed by atoms with van der Waals surface area (Å²) in [5.41, 5.74) is 5.45. The predicted octanol–water partition coefficient (Wildman–Crippen LogP) is 5.78. The molecule has 0 spiro atoms. The molecule has 1 aliphatic heterocycles. The smallest absolute Gasteiger partial charge is 0.449 e. The second-order valence-corrected chi connectivity index (χ2v) is 13.9. The Bertz CT molecular complexity index is 1540. The number of alkyl carbamates (subject to hydrolysis) is 1. The summed E-state index contributed by atoms with van der Waals surface area (Å²) in [4.78, 5) is 13.0. The van der Waals surface area contributed by atoms with E-state index in [0.717, 1.165) is 27.8 Å². The van der Waals surface area contributed by atoms with E-state index in [1.807, 2.05) is 70.2 Å². The SMILES string of the molecule is CC1(C)OB(C(=Cc2ccccc2CS(C)(=O)=O)CNC(=O)OCC2c3ccccc3-c3ccccc32)OC1(C)C. The van der Waals surface area contributed by atoms with Crippen LogP contribution in [0.1, 0.15) is 55.9 Å². The lowest BCUT2D eigenvalue weighted by Crippen LogP contribution is -2.41. The molecular weight excluding hydrogens is 537 g/mol. The van der Waals surface area contributed by atoms with Crippen LogP contribution >= 0.6 is 0 Å². The fourth-order valence-electron chi connectivity index (χ4n) is 5.31. The van der Waals surface area contributed by atoms with Gasteiger partial charge in [-0.05, 0) is 66.5 Å². The fraction of sp³-hybridized carbons (Fsp3) is 0.344. The largest absolute Gasteiger partial charge is 0.492 e. The first-order valence-corrected chi connectivity index (χ1v) is 15.8. The highest BCUT2D eigenvalue weighted by Crippen LogP contribution is 2.44. The molecule has 0 aromatic heterocycles. The molecule has 1 saturated heterocycles. The molecule has 7 nitrogen and oxygen atoms in total. The third-order valence-electron chi connectivity index (χ3n) is 8.15. The highest BCUT2D eigenvalue weighted by Gasteiger charge is 2.52. The van der Waals surface area contributed by atoms with Gasteiger partial charge < -0.3 is 19.4 Å². The molecule has 2 aliphatic rings. The minimum absolute atomic E-state index is 0.0471. The topological polar surface area (TPSA) is 90.9 Å². The van der Waals surface area contributed by atoms with Gasteiger partial charge >= 0.3 is 13.2 Å². The van der Waals surface area contributed by atoms with Crippen molar-refractivity contribution in [1.29, 1.82) is 0 Å². The Morgan fingerprint density at radius 3 is 2.02 bits per heavy atom. The van der Waals surface area contributed by atoms with Gasteiger partial charge in [-0.3, -0.25) is 0 Å². The summed E-state index contributed by atoms with van der Waals surface area (Å²) in [6, 6.07) is 23.7. The summed E-state index contributed by atoms with van der Waals surface area (Å²) in [6.45, 7) is 8.14. The first-order chi connectivity index (χ1) is 19.3. The molecule has 0 radical (unpaired) electrons. The number of carbonyl (C=O) groups is 1. The minimum Gasteiger partial charge on any atom is -0.449 e. The van der Waals surface area contributed by atoms with Crippen molar-refractivity contribution < 1.29 is 27.3 Å². The third kappa shape index (κ3) is 6.27. The lowest BCUT2D eigenvalue weighted by Gasteiger charge is -2.32. The average molecular weight is 574 g/mol. The molecule has 9 heteroatoms. The number of sulfone groups is 1. The molecule has 1 amide bonds. The van der Waals surface area contributed by atoms with Gasteiger partial charge in [-0.15, -0.1) is 0 Å². The predicted molar refractivity (Wildman–Crippen MR) is 162 cm³/mol. The Hall–Kier alpha value is -3.40. The van der Waals surface area contributed by atoms with Gasteiger partial charge in [0.25, 0.3) is 0 Å². The van der Waals surface area contributed by atoms with Crippen LogP contribution in [0.3, 0.4) is 0 Å². The molecule has 3 aromatic carbocycles. The molecule has 0 unspecified atom stereocenters. The average Bonchev–Trinajstić information content (AvgIpc) is 3.34. The van der Waals surface area contributed by atoms with Gasteiger partial charge in [-0.25, -0.2) is 13.2 Å². The van der Waals surface area contributed by atoms with Gasteiger partial charge in [0.05, 0.1) is 17.0 Å². The molecule has 1 aliphatic carbocycles. The molecule has 0 atom stereocenters. The van der Waals surface area contributed by atoms with E-state index >= 15 is 0 Å². The number of nitrogens with one attached hydrogen (secondary N) is 1. The number of hydrogen-bond donors (Lipinski definition) is 1. The molecule has 1 N–H and O–H groups in total. The Morgan fingerprint density at radius 2 is 1.44 bits per heavy atom. The highest BCUT2D eigenvalue weighted by molar-refractivity contribution is 7.89. The molecule has 1 heterocycles. The number of ether oxygens (including phenoxy) is 1. The van der Waals surface area contributed by atoms with Crippen molar-refractivity contribution in [3.05, 3.63) is 101 Å². The van der Waals surface area contributed by atoms with Gasteiger partial charge in [0.15, 0.2) is 9.84 Å². The quantitative estimate of drug-likeness (QED) is 0.344. The van der Waals surface area contributed by atoms with Crippen molar-refractivity contribution in [3.8, 4) is 11.1 Å². The monoisotopic (exact) mass is 573 g/mol. The zero-order valence-corrected chi connectivity index (χ0v) is 25.0. The van der Waals surface area contributed by atoms with Gasteiger partial charge in [-0.2, -0.15) is 0 Å². The maximum Gasteiger partial charge on any atom is 0.492 e. The molecule has 3 aromatic rings. The Morgan fingerprint density at radius 1 is 0.902 bits per heavy atom. The van der Waals surface area contributed by atoms with Crippen LogP contribution in [0, 0.1) is 0 Å². The van der Waals surface area contributed by atoms with E-state index < -0.39 is 34.3 Å². The summed E-state index contributed by atoms with van der Waals surface area (Å²) in [7, 11) is -3.99. The highest BCUT2D eigenvalue weighted by atomic mass is 32.2. The maximum atomic E-state index is 13.0. The molecule has 5 rings (SSSR count). The molecule has 1 fully saturated rings. The van der Waals surface area contributed by atoms with E-state index in [1.54, 1.807) is 12.1 Å². The first kappa shape index (κ1) is 29.1. The van der Waals surface area contributed by atoms with E-state index in [-0.39, 0.29) is 24.8 Å².